The number of ether oxygens (including phenoxy) is 5. The molecule has 0 aromatic heterocycles. The summed E-state index contributed by atoms with van der Waals surface area (Å²) >= 11 is 0. The van der Waals surface area contributed by atoms with Crippen LogP contribution in [0.2, 0.25) is 0 Å². The second-order valence-corrected chi connectivity index (χ2v) is 9.60. The number of esters is 3. The Balaban J connectivity index is 2.93. The van der Waals surface area contributed by atoms with Crippen LogP contribution < -0.4 is 15.2 Å². The Hall–Kier alpha value is -3.14. The van der Waals surface area contributed by atoms with Crippen molar-refractivity contribution in [2.75, 3.05) is 0 Å². The first-order valence-corrected chi connectivity index (χ1v) is 13.2. The lowest BCUT2D eigenvalue weighted by Crippen LogP contribution is -2.39. The molecule has 0 bridgehead atoms. The lowest BCUT2D eigenvalue weighted by molar-refractivity contribution is -0.155. The Morgan fingerprint density at radius 2 is 1.24 bits per heavy atom. The molecule has 1 aromatic carbocycles. The van der Waals surface area contributed by atoms with Gasteiger partial charge >= 0.3 is 24.1 Å². The highest BCUT2D eigenvalue weighted by atomic mass is 16.7. The monoisotopic (exact) mass is 537 g/mol. The molecule has 1 aromatic rings. The van der Waals surface area contributed by atoms with Crippen LogP contribution in [0.3, 0.4) is 0 Å². The van der Waals surface area contributed by atoms with Crippen molar-refractivity contribution in [3.63, 3.8) is 0 Å². The van der Waals surface area contributed by atoms with Crippen LogP contribution in [0.25, 0.3) is 0 Å². The molecule has 214 valence electrons. The number of rotatable bonds is 14. The highest BCUT2D eigenvalue weighted by Gasteiger charge is 2.26. The van der Waals surface area contributed by atoms with Crippen molar-refractivity contribution in [1.82, 2.24) is 0 Å². The Labute approximate surface area is 225 Å². The van der Waals surface area contributed by atoms with Crippen molar-refractivity contribution in [2.45, 2.75) is 105 Å². The predicted molar refractivity (Wildman–Crippen MR) is 141 cm³/mol. The van der Waals surface area contributed by atoms with Gasteiger partial charge in [0.15, 0.2) is 11.5 Å². The zero-order valence-corrected chi connectivity index (χ0v) is 23.8. The maximum atomic E-state index is 12.6. The molecule has 38 heavy (non-hydrogen) atoms. The molecule has 10 heteroatoms. The molecule has 3 unspecified atom stereocenters. The summed E-state index contributed by atoms with van der Waals surface area (Å²) in [4.78, 5) is 49.2. The molecule has 0 saturated heterocycles. The van der Waals surface area contributed by atoms with E-state index in [-0.39, 0.29) is 35.9 Å². The summed E-state index contributed by atoms with van der Waals surface area (Å²) in [7, 11) is 0. The van der Waals surface area contributed by atoms with Crippen LogP contribution in [-0.4, -0.2) is 48.4 Å². The number of nitrogens with two attached hydrogens (primary N) is 1. The van der Waals surface area contributed by atoms with Gasteiger partial charge in [-0.25, -0.2) is 4.79 Å². The van der Waals surface area contributed by atoms with Gasteiger partial charge in [0.2, 0.25) is 0 Å². The summed E-state index contributed by atoms with van der Waals surface area (Å²) in [5.74, 6) is -2.13. The molecule has 0 heterocycles. The summed E-state index contributed by atoms with van der Waals surface area (Å²) in [5.41, 5.74) is 6.65. The minimum Gasteiger partial charge on any atom is -0.458 e. The highest BCUT2D eigenvalue weighted by molar-refractivity contribution is 5.79. The van der Waals surface area contributed by atoms with Crippen LogP contribution in [-0.2, 0) is 35.0 Å². The van der Waals surface area contributed by atoms with E-state index in [2.05, 4.69) is 0 Å². The van der Waals surface area contributed by atoms with Crippen LogP contribution in [0.15, 0.2) is 18.2 Å². The van der Waals surface area contributed by atoms with E-state index in [1.165, 1.54) is 12.1 Å². The van der Waals surface area contributed by atoms with Gasteiger partial charge in [-0.2, -0.15) is 0 Å². The maximum absolute atomic E-state index is 12.6. The van der Waals surface area contributed by atoms with Crippen LogP contribution in [0.1, 0.15) is 80.2 Å². The molecule has 6 atom stereocenters. The fourth-order valence-electron chi connectivity index (χ4n) is 2.82. The molecule has 10 nitrogen and oxygen atoms in total. The Bertz CT molecular complexity index is 948. The van der Waals surface area contributed by atoms with Crippen LogP contribution in [0.4, 0.5) is 4.79 Å². The molecule has 0 spiro atoms. The Morgan fingerprint density at radius 1 is 0.711 bits per heavy atom. The van der Waals surface area contributed by atoms with E-state index in [0.29, 0.717) is 24.8 Å². The minimum atomic E-state index is -1.05. The van der Waals surface area contributed by atoms with Crippen molar-refractivity contribution in [3.8, 4) is 11.5 Å². The van der Waals surface area contributed by atoms with E-state index in [0.717, 1.165) is 0 Å². The largest absolute Gasteiger partial charge is 0.508 e. The number of benzene rings is 1. The zero-order chi connectivity index (χ0) is 29.0. The summed E-state index contributed by atoms with van der Waals surface area (Å²) in [5, 5.41) is 0. The first kappa shape index (κ1) is 32.9. The standard InChI is InChI=1S/C28H43NO9/c1-9-16(4)25(30)37-23-13-12-21(15-24(23)38-26(31)17(5)10-2)14-22(29)27(32)35-19(7)20(8)36-28(33)34-18(6)11-3/h12-13,15-20,22H,9-11,14,29H2,1-8H3/t16?,17?,18?,19-,20-,22-/m0/s1. The van der Waals surface area contributed by atoms with Crippen molar-refractivity contribution < 1.29 is 42.9 Å². The second-order valence-electron chi connectivity index (χ2n) is 9.60. The second kappa shape index (κ2) is 16.0. The number of hydrogen-bond donors (Lipinski definition) is 1. The first-order chi connectivity index (χ1) is 17.8. The van der Waals surface area contributed by atoms with Crippen molar-refractivity contribution >= 4 is 24.1 Å². The summed E-state index contributed by atoms with van der Waals surface area (Å²) < 4.78 is 26.6. The van der Waals surface area contributed by atoms with E-state index in [4.69, 9.17) is 29.4 Å². The van der Waals surface area contributed by atoms with Crippen molar-refractivity contribution in [3.05, 3.63) is 23.8 Å². The molecule has 0 aliphatic carbocycles. The lowest BCUT2D eigenvalue weighted by Gasteiger charge is -2.23. The fourth-order valence-corrected chi connectivity index (χ4v) is 2.82. The van der Waals surface area contributed by atoms with Gasteiger partial charge in [-0.05, 0) is 64.2 Å². The molecule has 0 aliphatic rings. The Morgan fingerprint density at radius 3 is 1.76 bits per heavy atom. The quantitative estimate of drug-likeness (QED) is 0.261. The van der Waals surface area contributed by atoms with Gasteiger partial charge in [-0.1, -0.05) is 40.7 Å². The summed E-state index contributed by atoms with van der Waals surface area (Å²) in [6, 6.07) is 3.61. The number of carbonyl (C=O) groups is 4. The van der Waals surface area contributed by atoms with Gasteiger partial charge in [0.25, 0.3) is 0 Å². The highest BCUT2D eigenvalue weighted by Crippen LogP contribution is 2.31. The minimum absolute atomic E-state index is 0.0598. The molecular weight excluding hydrogens is 494 g/mol. The van der Waals surface area contributed by atoms with Gasteiger partial charge in [0.1, 0.15) is 24.4 Å². The molecule has 0 amide bonds. The van der Waals surface area contributed by atoms with Gasteiger partial charge in [0.05, 0.1) is 11.8 Å². The molecular formula is C28H43NO9. The molecule has 0 radical (unpaired) electrons. The molecule has 0 aliphatic heterocycles. The van der Waals surface area contributed by atoms with Crippen LogP contribution >= 0.6 is 0 Å². The third-order valence-electron chi connectivity index (χ3n) is 6.33. The normalized spacial score (nSPS) is 15.7. The average molecular weight is 538 g/mol. The van der Waals surface area contributed by atoms with Gasteiger partial charge in [-0.15, -0.1) is 0 Å². The number of carbonyl (C=O) groups excluding carboxylic acids is 4. The lowest BCUT2D eigenvalue weighted by atomic mass is 10.1. The fraction of sp³-hybridized carbons (Fsp3) is 0.643. The molecule has 2 N–H and O–H groups in total. The van der Waals surface area contributed by atoms with E-state index in [9.17, 15) is 19.2 Å². The smallest absolute Gasteiger partial charge is 0.458 e. The third kappa shape index (κ3) is 10.7. The first-order valence-electron chi connectivity index (χ1n) is 13.2. The molecule has 1 rings (SSSR count). The van der Waals surface area contributed by atoms with Gasteiger partial charge in [-0.3, -0.25) is 14.4 Å². The molecule has 0 saturated carbocycles. The average Bonchev–Trinajstić information content (AvgIpc) is 2.88. The SMILES string of the molecule is CCC(C)OC(=O)O[C@@H](C)[C@H](C)OC(=O)[C@@H](N)Cc1ccc(OC(=O)C(C)CC)c(OC(=O)C(C)CC)c1. The maximum Gasteiger partial charge on any atom is 0.508 e. The van der Waals surface area contributed by atoms with Crippen LogP contribution in [0, 0.1) is 11.8 Å². The molecule has 0 fully saturated rings. The summed E-state index contributed by atoms with van der Waals surface area (Å²) in [6.45, 7) is 14.0. The van der Waals surface area contributed by atoms with E-state index < -0.39 is 42.3 Å². The third-order valence-corrected chi connectivity index (χ3v) is 6.33. The Kier molecular flexibility index (Phi) is 13.8. The van der Waals surface area contributed by atoms with Crippen molar-refractivity contribution in [1.29, 1.82) is 0 Å². The van der Waals surface area contributed by atoms with E-state index in [1.54, 1.807) is 40.7 Å². The number of hydrogen-bond acceptors (Lipinski definition) is 10. The van der Waals surface area contributed by atoms with E-state index >= 15 is 0 Å². The zero-order valence-electron chi connectivity index (χ0n) is 23.8. The summed E-state index contributed by atoms with van der Waals surface area (Å²) in [6.07, 6.45) is -0.786. The van der Waals surface area contributed by atoms with Crippen molar-refractivity contribution in [2.24, 2.45) is 17.6 Å². The van der Waals surface area contributed by atoms with Crippen LogP contribution in [0.5, 0.6) is 11.5 Å². The van der Waals surface area contributed by atoms with E-state index in [1.807, 2.05) is 20.8 Å². The topological polar surface area (TPSA) is 140 Å². The van der Waals surface area contributed by atoms with Gasteiger partial charge < -0.3 is 29.4 Å². The van der Waals surface area contributed by atoms with Gasteiger partial charge in [0, 0.05) is 0 Å². The predicted octanol–water partition coefficient (Wildman–Crippen LogP) is 4.73.